The molecule has 2 saturated carbocycles. The average Bonchev–Trinajstić information content (AvgIpc) is 3.37. The molecule has 2 unspecified atom stereocenters. The van der Waals surface area contributed by atoms with E-state index in [-0.39, 0.29) is 34.5 Å². The van der Waals surface area contributed by atoms with E-state index in [1.807, 2.05) is 0 Å². The van der Waals surface area contributed by atoms with Crippen LogP contribution in [0.2, 0.25) is 0 Å². The molecule has 0 radical (unpaired) electrons. The Labute approximate surface area is 223 Å². The maximum atomic E-state index is 13.4. The first-order chi connectivity index (χ1) is 18.0. The van der Waals surface area contributed by atoms with Crippen LogP contribution in [0.4, 0.5) is 8.78 Å². The van der Waals surface area contributed by atoms with Gasteiger partial charge in [0.2, 0.25) is 0 Å². The maximum Gasteiger partial charge on any atom is 0.165 e. The lowest BCUT2D eigenvalue weighted by molar-refractivity contribution is 0.0400. The predicted molar refractivity (Wildman–Crippen MR) is 144 cm³/mol. The lowest BCUT2D eigenvalue weighted by Gasteiger charge is -2.38. The van der Waals surface area contributed by atoms with E-state index in [9.17, 15) is 29.2 Å². The van der Waals surface area contributed by atoms with Crippen LogP contribution in [0.25, 0.3) is 11.1 Å². The van der Waals surface area contributed by atoms with Crippen molar-refractivity contribution in [1.29, 1.82) is 0 Å². The van der Waals surface area contributed by atoms with Gasteiger partial charge in [-0.3, -0.25) is 0 Å². The summed E-state index contributed by atoms with van der Waals surface area (Å²) < 4.78 is 26.8. The zero-order valence-electron chi connectivity index (χ0n) is 22.1. The number of phenols is 2. The molecule has 0 saturated heterocycles. The maximum absolute atomic E-state index is 13.4. The molecule has 4 N–H and O–H groups in total. The molecule has 6 heteroatoms. The number of hydrogen-bond acceptors (Lipinski definition) is 4. The smallest absolute Gasteiger partial charge is 0.165 e. The third kappa shape index (κ3) is 4.77. The molecule has 0 bridgehead atoms. The fourth-order valence-electron chi connectivity index (χ4n) is 7.11. The molecule has 38 heavy (non-hydrogen) atoms. The highest BCUT2D eigenvalue weighted by Crippen LogP contribution is 2.54. The number of phenolic OH excluding ortho intramolecular Hbond substituents is 2. The first kappa shape index (κ1) is 26.9. The number of hydrogen-bond donors (Lipinski definition) is 4. The van der Waals surface area contributed by atoms with Crippen molar-refractivity contribution >= 4 is 11.1 Å². The number of rotatable bonds is 2. The van der Waals surface area contributed by atoms with Crippen LogP contribution in [0.5, 0.6) is 11.5 Å². The first-order valence-electron chi connectivity index (χ1n) is 13.7. The van der Waals surface area contributed by atoms with E-state index in [1.165, 1.54) is 24.3 Å². The molecular weight excluding hydrogens is 486 g/mol. The molecule has 0 heterocycles. The van der Waals surface area contributed by atoms with Gasteiger partial charge in [0.1, 0.15) is 0 Å². The normalized spacial score (nSPS) is 33.9. The van der Waals surface area contributed by atoms with E-state index in [2.05, 4.69) is 26.0 Å². The number of benzene rings is 2. The Morgan fingerprint density at radius 3 is 1.97 bits per heavy atom. The third-order valence-electron chi connectivity index (χ3n) is 10.1. The standard InChI is InChI=1S/2C16H19FO2/c2*1-16-7-6-11(8-12(16)3-5-15(16)19)10-2-4-14(18)13(17)9-10/h2,4,8-9,12,15,18-19H,3,5-7H2,1H3;2,4,6,9,12,15,18-19H,3,5,7-8H2,1H3/t2*12?,15-,16-/m00/s1. The molecule has 2 aromatic carbocycles. The number of aliphatic hydroxyl groups is 2. The van der Waals surface area contributed by atoms with Crippen LogP contribution < -0.4 is 0 Å². The Bertz CT molecular complexity index is 1270. The summed E-state index contributed by atoms with van der Waals surface area (Å²) in [5, 5.41) is 38.7. The van der Waals surface area contributed by atoms with Gasteiger partial charge in [-0.1, -0.05) is 38.1 Å². The van der Waals surface area contributed by atoms with Gasteiger partial charge in [-0.2, -0.15) is 0 Å². The molecule has 0 amide bonds. The SMILES string of the molecule is C[C@]12CC=C(c3ccc(O)c(F)c3)CC1CC[C@@H]2O.C[C@]12CCC(c3ccc(O)c(F)c3)=CC1CC[C@@H]2O. The second-order valence-corrected chi connectivity index (χ2v) is 12.2. The zero-order chi connectivity index (χ0) is 27.2. The summed E-state index contributed by atoms with van der Waals surface area (Å²) in [6.07, 6.45) is 11.2. The van der Waals surface area contributed by atoms with Crippen molar-refractivity contribution in [1.82, 2.24) is 0 Å². The molecule has 0 spiro atoms. The Balaban J connectivity index is 0.000000155. The van der Waals surface area contributed by atoms with E-state index in [4.69, 9.17) is 0 Å². The lowest BCUT2D eigenvalue weighted by Crippen LogP contribution is -2.34. The van der Waals surface area contributed by atoms with Crippen molar-refractivity contribution in [3.05, 3.63) is 71.3 Å². The van der Waals surface area contributed by atoms with E-state index >= 15 is 0 Å². The lowest BCUT2D eigenvalue weighted by atomic mass is 9.68. The number of fused-ring (bicyclic) bond motifs is 2. The summed E-state index contributed by atoms with van der Waals surface area (Å²) in [5.74, 6) is -0.901. The number of allylic oxidation sites excluding steroid dienone is 4. The van der Waals surface area contributed by atoms with Gasteiger partial charge in [0.05, 0.1) is 12.2 Å². The predicted octanol–water partition coefficient (Wildman–Crippen LogP) is 6.97. The highest BCUT2D eigenvalue weighted by Gasteiger charge is 2.47. The fraction of sp³-hybridized carbons (Fsp3) is 0.500. The van der Waals surface area contributed by atoms with E-state index in [1.54, 1.807) is 12.1 Å². The van der Waals surface area contributed by atoms with Crippen molar-refractivity contribution < 1.29 is 29.2 Å². The monoisotopic (exact) mass is 524 g/mol. The molecule has 204 valence electrons. The summed E-state index contributed by atoms with van der Waals surface area (Å²) in [5.41, 5.74) is 3.93. The highest BCUT2D eigenvalue weighted by atomic mass is 19.1. The molecular formula is C32H38F2O4. The Morgan fingerprint density at radius 1 is 0.763 bits per heavy atom. The molecule has 6 atom stereocenters. The number of aromatic hydroxyl groups is 2. The second-order valence-electron chi connectivity index (χ2n) is 12.2. The van der Waals surface area contributed by atoms with Gasteiger partial charge in [-0.25, -0.2) is 8.78 Å². The minimum absolute atomic E-state index is 0.0149. The molecule has 2 aromatic rings. The van der Waals surface area contributed by atoms with E-state index < -0.39 is 11.6 Å². The molecule has 0 aliphatic heterocycles. The van der Waals surface area contributed by atoms with E-state index in [0.29, 0.717) is 11.8 Å². The van der Waals surface area contributed by atoms with Crippen molar-refractivity contribution in [2.75, 3.05) is 0 Å². The molecule has 4 nitrogen and oxygen atoms in total. The van der Waals surface area contributed by atoms with Gasteiger partial charge in [-0.15, -0.1) is 0 Å². The summed E-state index contributed by atoms with van der Waals surface area (Å²) in [7, 11) is 0. The van der Waals surface area contributed by atoms with E-state index in [0.717, 1.165) is 73.6 Å². The fourth-order valence-corrected chi connectivity index (χ4v) is 7.11. The van der Waals surface area contributed by atoms with Gasteiger partial charge in [0.25, 0.3) is 0 Å². The molecule has 0 aromatic heterocycles. The Kier molecular flexibility index (Phi) is 7.16. The highest BCUT2D eigenvalue weighted by molar-refractivity contribution is 5.68. The van der Waals surface area contributed by atoms with Crippen molar-refractivity contribution in [2.45, 2.75) is 77.4 Å². The minimum Gasteiger partial charge on any atom is -0.505 e. The molecule has 2 fully saturated rings. The van der Waals surface area contributed by atoms with Crippen LogP contribution in [0, 0.1) is 34.3 Å². The van der Waals surface area contributed by atoms with Crippen LogP contribution in [-0.2, 0) is 0 Å². The van der Waals surface area contributed by atoms with Crippen molar-refractivity contribution in [2.24, 2.45) is 22.7 Å². The van der Waals surface area contributed by atoms with Gasteiger partial charge in [0, 0.05) is 10.8 Å². The topological polar surface area (TPSA) is 80.9 Å². The molecule has 4 aliphatic rings. The Morgan fingerprint density at radius 2 is 1.34 bits per heavy atom. The first-order valence-corrected chi connectivity index (χ1v) is 13.7. The molecule has 6 rings (SSSR count). The summed E-state index contributed by atoms with van der Waals surface area (Å²) in [6, 6.07) is 9.13. The van der Waals surface area contributed by atoms with Gasteiger partial charge >= 0.3 is 0 Å². The summed E-state index contributed by atoms with van der Waals surface area (Å²) >= 11 is 0. The zero-order valence-corrected chi connectivity index (χ0v) is 22.1. The van der Waals surface area contributed by atoms with Gasteiger partial charge in [-0.05, 0) is 110 Å². The number of aliphatic hydroxyl groups excluding tert-OH is 2. The summed E-state index contributed by atoms with van der Waals surface area (Å²) in [4.78, 5) is 0. The molecule has 4 aliphatic carbocycles. The average molecular weight is 525 g/mol. The van der Waals surface area contributed by atoms with Crippen LogP contribution in [0.1, 0.15) is 76.3 Å². The summed E-state index contributed by atoms with van der Waals surface area (Å²) in [6.45, 7) is 4.31. The van der Waals surface area contributed by atoms with Crippen molar-refractivity contribution in [3.8, 4) is 11.5 Å². The quantitative estimate of drug-likeness (QED) is 0.342. The second kappa shape index (κ2) is 10.1. The van der Waals surface area contributed by atoms with Crippen LogP contribution in [0.15, 0.2) is 48.6 Å². The van der Waals surface area contributed by atoms with Crippen LogP contribution in [0.3, 0.4) is 0 Å². The number of halogens is 2. The largest absolute Gasteiger partial charge is 0.505 e. The van der Waals surface area contributed by atoms with Crippen LogP contribution in [-0.4, -0.2) is 32.6 Å². The third-order valence-corrected chi connectivity index (χ3v) is 10.1. The van der Waals surface area contributed by atoms with Crippen molar-refractivity contribution in [3.63, 3.8) is 0 Å². The van der Waals surface area contributed by atoms with Gasteiger partial charge < -0.3 is 20.4 Å². The Hall–Kier alpha value is -2.70. The van der Waals surface area contributed by atoms with Gasteiger partial charge in [0.15, 0.2) is 23.1 Å². The minimum atomic E-state index is -0.571. The van der Waals surface area contributed by atoms with Crippen LogP contribution >= 0.6 is 0 Å².